The van der Waals surface area contributed by atoms with Gasteiger partial charge in [0.05, 0.1) is 12.5 Å². The van der Waals surface area contributed by atoms with Crippen molar-refractivity contribution in [2.45, 2.75) is 45.8 Å². The lowest BCUT2D eigenvalue weighted by Crippen LogP contribution is -2.22. The summed E-state index contributed by atoms with van der Waals surface area (Å²) in [5.74, 6) is 2.23. The van der Waals surface area contributed by atoms with E-state index in [0.29, 0.717) is 12.1 Å². The molecule has 2 aromatic heterocycles. The van der Waals surface area contributed by atoms with Crippen molar-refractivity contribution in [2.24, 2.45) is 0 Å². The Morgan fingerprint density at radius 1 is 1.15 bits per heavy atom. The van der Waals surface area contributed by atoms with Crippen molar-refractivity contribution in [1.29, 1.82) is 0 Å². The minimum absolute atomic E-state index is 0.000754. The van der Waals surface area contributed by atoms with Crippen LogP contribution in [0.4, 0.5) is 5.69 Å². The number of carbonyl (C=O) groups is 1. The zero-order valence-corrected chi connectivity index (χ0v) is 19.7. The van der Waals surface area contributed by atoms with Gasteiger partial charge in [-0.1, -0.05) is 30.3 Å². The fourth-order valence-corrected chi connectivity index (χ4v) is 4.40. The summed E-state index contributed by atoms with van der Waals surface area (Å²) >= 11 is 0. The Balaban J connectivity index is 1.43. The summed E-state index contributed by atoms with van der Waals surface area (Å²) in [5, 5.41) is 7.71. The van der Waals surface area contributed by atoms with Crippen molar-refractivity contribution in [3.63, 3.8) is 0 Å². The van der Waals surface area contributed by atoms with E-state index in [-0.39, 0.29) is 17.9 Å². The van der Waals surface area contributed by atoms with Crippen molar-refractivity contribution in [1.82, 2.24) is 20.1 Å². The molecule has 2 aromatic carbocycles. The summed E-state index contributed by atoms with van der Waals surface area (Å²) in [6.07, 6.45) is 1.79. The van der Waals surface area contributed by atoms with Gasteiger partial charge in [0, 0.05) is 30.4 Å². The van der Waals surface area contributed by atoms with Crippen LogP contribution in [0.5, 0.6) is 0 Å². The Labute approximate surface area is 199 Å². The molecule has 1 amide bonds. The second kappa shape index (κ2) is 9.17. The van der Waals surface area contributed by atoms with E-state index in [4.69, 9.17) is 9.52 Å². The fraction of sp³-hybridized carbons (Fsp3) is 0.296. The van der Waals surface area contributed by atoms with Gasteiger partial charge in [-0.2, -0.15) is 5.10 Å². The zero-order chi connectivity index (χ0) is 23.7. The average molecular weight is 456 g/mol. The number of amides is 1. The number of nitrogens with zero attached hydrogens (tertiary/aromatic N) is 4. The Hall–Kier alpha value is -3.87. The van der Waals surface area contributed by atoms with E-state index >= 15 is 0 Å². The van der Waals surface area contributed by atoms with Gasteiger partial charge < -0.3 is 14.6 Å². The number of hydrogen-bond acceptors (Lipinski definition) is 5. The van der Waals surface area contributed by atoms with E-state index in [1.165, 1.54) is 5.56 Å². The van der Waals surface area contributed by atoms with E-state index in [0.717, 1.165) is 41.7 Å². The monoisotopic (exact) mass is 455 g/mol. The number of anilines is 1. The molecule has 0 fully saturated rings. The molecular formula is C27H29N5O2. The molecule has 0 spiro atoms. The third-order valence-electron chi connectivity index (χ3n) is 6.21. The predicted molar refractivity (Wildman–Crippen MR) is 131 cm³/mol. The molecule has 1 N–H and O–H groups in total. The van der Waals surface area contributed by atoms with Crippen LogP contribution < -0.4 is 10.2 Å². The molecule has 0 saturated heterocycles. The SMILES string of the molecule is Cc1ccc(CNC(=O)c2ccc3c(c2)[C@H](c2ncn(C(C)C)n2)CN3Cc2ccccc2)o1. The smallest absolute Gasteiger partial charge is 0.251 e. The van der Waals surface area contributed by atoms with Crippen LogP contribution in [0.3, 0.4) is 0 Å². The number of hydrogen-bond donors (Lipinski definition) is 1. The highest BCUT2D eigenvalue weighted by molar-refractivity contribution is 5.95. The van der Waals surface area contributed by atoms with E-state index in [1.807, 2.05) is 48.0 Å². The first-order chi connectivity index (χ1) is 16.5. The maximum atomic E-state index is 12.9. The third-order valence-corrected chi connectivity index (χ3v) is 6.21. The number of nitrogens with one attached hydrogen (secondary N) is 1. The first-order valence-corrected chi connectivity index (χ1v) is 11.7. The summed E-state index contributed by atoms with van der Waals surface area (Å²) in [6.45, 7) is 7.98. The lowest BCUT2D eigenvalue weighted by Gasteiger charge is -2.20. The number of rotatable bonds is 7. The number of fused-ring (bicyclic) bond motifs is 1. The highest BCUT2D eigenvalue weighted by atomic mass is 16.3. The minimum atomic E-state index is -0.127. The van der Waals surface area contributed by atoms with Gasteiger partial charge in [-0.05, 0) is 62.2 Å². The minimum Gasteiger partial charge on any atom is -0.465 e. The van der Waals surface area contributed by atoms with Gasteiger partial charge in [-0.15, -0.1) is 0 Å². The molecule has 1 aliphatic rings. The zero-order valence-electron chi connectivity index (χ0n) is 19.7. The van der Waals surface area contributed by atoms with Gasteiger partial charge in [0.2, 0.25) is 0 Å². The Morgan fingerprint density at radius 3 is 2.68 bits per heavy atom. The molecule has 1 atom stereocenters. The summed E-state index contributed by atoms with van der Waals surface area (Å²) < 4.78 is 7.46. The van der Waals surface area contributed by atoms with E-state index in [2.05, 4.69) is 53.3 Å². The number of aryl methyl sites for hydroxylation is 1. The number of carbonyl (C=O) groups excluding carboxylic acids is 1. The molecular weight excluding hydrogens is 426 g/mol. The van der Waals surface area contributed by atoms with Gasteiger partial charge in [0.15, 0.2) is 5.82 Å². The molecule has 0 saturated carbocycles. The van der Waals surface area contributed by atoms with Gasteiger partial charge in [-0.25, -0.2) is 4.98 Å². The molecule has 5 rings (SSSR count). The molecule has 0 aliphatic carbocycles. The lowest BCUT2D eigenvalue weighted by molar-refractivity contribution is 0.0948. The first-order valence-electron chi connectivity index (χ1n) is 11.7. The summed E-state index contributed by atoms with van der Waals surface area (Å²) in [7, 11) is 0. The van der Waals surface area contributed by atoms with Crippen LogP contribution >= 0.6 is 0 Å². The second-order valence-corrected chi connectivity index (χ2v) is 9.06. The maximum Gasteiger partial charge on any atom is 0.251 e. The molecule has 0 unspecified atom stereocenters. The Bertz CT molecular complexity index is 1290. The largest absolute Gasteiger partial charge is 0.465 e. The fourth-order valence-electron chi connectivity index (χ4n) is 4.40. The van der Waals surface area contributed by atoms with Crippen LogP contribution in [0.2, 0.25) is 0 Å². The van der Waals surface area contributed by atoms with E-state index in [9.17, 15) is 4.79 Å². The molecule has 174 valence electrons. The summed E-state index contributed by atoms with van der Waals surface area (Å²) in [6, 6.07) is 20.4. The highest BCUT2D eigenvalue weighted by Crippen LogP contribution is 2.40. The van der Waals surface area contributed by atoms with Crippen LogP contribution in [-0.4, -0.2) is 27.2 Å². The molecule has 34 heavy (non-hydrogen) atoms. The van der Waals surface area contributed by atoms with Crippen molar-refractivity contribution in [3.05, 3.63) is 101 Å². The normalized spacial score (nSPS) is 15.1. The molecule has 1 aliphatic heterocycles. The number of aromatic nitrogens is 3. The first kappa shape index (κ1) is 21.9. The number of benzene rings is 2. The van der Waals surface area contributed by atoms with Crippen LogP contribution in [0, 0.1) is 6.92 Å². The van der Waals surface area contributed by atoms with Crippen LogP contribution in [-0.2, 0) is 13.1 Å². The summed E-state index contributed by atoms with van der Waals surface area (Å²) in [5.41, 5.74) is 4.06. The average Bonchev–Trinajstić information content (AvgIpc) is 3.57. The van der Waals surface area contributed by atoms with Gasteiger partial charge in [-0.3, -0.25) is 9.48 Å². The molecule has 0 radical (unpaired) electrons. The number of furan rings is 1. The lowest BCUT2D eigenvalue weighted by atomic mass is 9.98. The highest BCUT2D eigenvalue weighted by Gasteiger charge is 2.33. The molecule has 4 aromatic rings. The van der Waals surface area contributed by atoms with Gasteiger partial charge >= 0.3 is 0 Å². The van der Waals surface area contributed by atoms with Gasteiger partial charge in [0.1, 0.15) is 17.8 Å². The predicted octanol–water partition coefficient (Wildman–Crippen LogP) is 4.84. The van der Waals surface area contributed by atoms with Crippen LogP contribution in [0.25, 0.3) is 0 Å². The molecule has 3 heterocycles. The van der Waals surface area contributed by atoms with E-state index in [1.54, 1.807) is 6.33 Å². The topological polar surface area (TPSA) is 76.2 Å². The standard InChI is InChI=1S/C27H29N5O2/c1-18(2)32-17-29-26(30-32)24-16-31(15-20-7-5-4-6-8-20)25-12-10-21(13-23(24)25)27(33)28-14-22-11-9-19(3)34-22/h4-13,17-18,24H,14-16H2,1-3H3,(H,28,33)/t24-/m1/s1. The second-order valence-electron chi connectivity index (χ2n) is 9.06. The molecule has 7 nitrogen and oxygen atoms in total. The Morgan fingerprint density at radius 2 is 1.97 bits per heavy atom. The quantitative estimate of drug-likeness (QED) is 0.431. The third kappa shape index (κ3) is 4.46. The molecule has 0 bridgehead atoms. The Kier molecular flexibility index (Phi) is 5.92. The van der Waals surface area contributed by atoms with E-state index < -0.39 is 0 Å². The molecule has 7 heteroatoms. The van der Waals surface area contributed by atoms with Crippen LogP contribution in [0.15, 0.2) is 71.4 Å². The summed E-state index contributed by atoms with van der Waals surface area (Å²) in [4.78, 5) is 19.9. The van der Waals surface area contributed by atoms with Crippen molar-refractivity contribution >= 4 is 11.6 Å². The maximum absolute atomic E-state index is 12.9. The van der Waals surface area contributed by atoms with Crippen molar-refractivity contribution in [3.8, 4) is 0 Å². The van der Waals surface area contributed by atoms with Crippen molar-refractivity contribution < 1.29 is 9.21 Å². The van der Waals surface area contributed by atoms with Crippen LogP contribution in [0.1, 0.15) is 64.6 Å². The van der Waals surface area contributed by atoms with Gasteiger partial charge in [0.25, 0.3) is 5.91 Å². The van der Waals surface area contributed by atoms with Crippen molar-refractivity contribution in [2.75, 3.05) is 11.4 Å².